The maximum Gasteiger partial charge on any atom is 0.262 e. The van der Waals surface area contributed by atoms with Crippen molar-refractivity contribution in [2.24, 2.45) is 0 Å². The fourth-order valence-corrected chi connectivity index (χ4v) is 3.74. The Hall–Kier alpha value is -3.92. The molecule has 2 aromatic heterocycles. The molecule has 0 fully saturated rings. The first-order valence-corrected chi connectivity index (χ1v) is 10.7. The summed E-state index contributed by atoms with van der Waals surface area (Å²) in [6.07, 6.45) is 1.48. The van der Waals surface area contributed by atoms with Crippen LogP contribution in [0.4, 0.5) is 11.4 Å². The van der Waals surface area contributed by atoms with E-state index in [1.165, 1.54) is 13.1 Å². The average molecular weight is 449 g/mol. The molecular weight excluding hydrogens is 428 g/mol. The number of amides is 2. The molecule has 2 heterocycles. The number of hydrogen-bond acceptors (Lipinski definition) is 6. The predicted octanol–water partition coefficient (Wildman–Crippen LogP) is 3.11. The van der Waals surface area contributed by atoms with Crippen LogP contribution in [0.2, 0.25) is 0 Å². The maximum atomic E-state index is 12.5. The monoisotopic (exact) mass is 448 g/mol. The van der Waals surface area contributed by atoms with Gasteiger partial charge in [0, 0.05) is 18.3 Å². The van der Waals surface area contributed by atoms with E-state index in [4.69, 9.17) is 0 Å². The molecule has 4 rings (SSSR count). The van der Waals surface area contributed by atoms with Crippen LogP contribution < -0.4 is 16.2 Å². The molecule has 2 aromatic carbocycles. The van der Waals surface area contributed by atoms with Gasteiger partial charge in [0.15, 0.2) is 10.8 Å². The number of rotatable bonds is 6. The normalized spacial score (nSPS) is 10.8. The van der Waals surface area contributed by atoms with E-state index in [0.29, 0.717) is 27.6 Å². The molecule has 0 spiro atoms. The van der Waals surface area contributed by atoms with E-state index in [0.717, 1.165) is 23.0 Å². The fraction of sp³-hybridized carbons (Fsp3) is 0.136. The van der Waals surface area contributed by atoms with Crippen molar-refractivity contribution in [2.45, 2.75) is 19.0 Å². The first-order chi connectivity index (χ1) is 15.4. The summed E-state index contributed by atoms with van der Waals surface area (Å²) in [5.41, 5.74) is 3.22. The highest BCUT2D eigenvalue weighted by Crippen LogP contribution is 2.19. The van der Waals surface area contributed by atoms with Crippen molar-refractivity contribution in [1.29, 1.82) is 0 Å². The second-order valence-electron chi connectivity index (χ2n) is 7.10. The van der Waals surface area contributed by atoms with Gasteiger partial charge in [-0.1, -0.05) is 23.9 Å². The number of H-pyrrole nitrogens is 1. The van der Waals surface area contributed by atoms with E-state index in [1.807, 2.05) is 31.2 Å². The lowest BCUT2D eigenvalue weighted by atomic mass is 10.2. The van der Waals surface area contributed by atoms with Crippen LogP contribution in [0.25, 0.3) is 16.7 Å². The molecule has 3 N–H and O–H groups in total. The van der Waals surface area contributed by atoms with Crippen LogP contribution in [0.1, 0.15) is 12.5 Å². The van der Waals surface area contributed by atoms with Crippen LogP contribution in [0.3, 0.4) is 0 Å². The molecule has 0 saturated heterocycles. The van der Waals surface area contributed by atoms with Gasteiger partial charge in [0.2, 0.25) is 11.8 Å². The van der Waals surface area contributed by atoms with E-state index in [1.54, 1.807) is 28.9 Å². The fourth-order valence-electron chi connectivity index (χ4n) is 3.09. The number of aryl methyl sites for hydroxylation is 1. The molecule has 32 heavy (non-hydrogen) atoms. The second-order valence-corrected chi connectivity index (χ2v) is 8.06. The van der Waals surface area contributed by atoms with Gasteiger partial charge in [0.25, 0.3) is 5.56 Å². The molecule has 10 heteroatoms. The summed E-state index contributed by atoms with van der Waals surface area (Å²) in [5.74, 6) is -0.363. The van der Waals surface area contributed by atoms with Gasteiger partial charge >= 0.3 is 0 Å². The molecular formula is C22H20N6O3S. The van der Waals surface area contributed by atoms with Gasteiger partial charge in [0.05, 0.1) is 17.6 Å². The highest BCUT2D eigenvalue weighted by Gasteiger charge is 2.13. The van der Waals surface area contributed by atoms with Crippen molar-refractivity contribution >= 4 is 46.0 Å². The molecule has 0 aliphatic heterocycles. The van der Waals surface area contributed by atoms with Crippen LogP contribution in [-0.4, -0.2) is 37.3 Å². The van der Waals surface area contributed by atoms with Crippen LogP contribution in [0, 0.1) is 6.92 Å². The Morgan fingerprint density at radius 2 is 1.81 bits per heavy atom. The van der Waals surface area contributed by atoms with Gasteiger partial charge in [-0.05, 0) is 48.9 Å². The number of carbonyl (C=O) groups is 2. The van der Waals surface area contributed by atoms with Crippen molar-refractivity contribution in [3.8, 4) is 5.69 Å². The first kappa shape index (κ1) is 21.3. The van der Waals surface area contributed by atoms with E-state index < -0.39 is 0 Å². The molecule has 162 valence electrons. The third-order valence-corrected chi connectivity index (χ3v) is 5.36. The van der Waals surface area contributed by atoms with E-state index in [9.17, 15) is 14.4 Å². The summed E-state index contributed by atoms with van der Waals surface area (Å²) in [7, 11) is 0. The number of anilines is 2. The third kappa shape index (κ3) is 4.86. The van der Waals surface area contributed by atoms with Crippen molar-refractivity contribution in [3.05, 3.63) is 70.6 Å². The van der Waals surface area contributed by atoms with Crippen LogP contribution in [0.5, 0.6) is 0 Å². The minimum absolute atomic E-state index is 0.0560. The number of thioether (sulfide) groups is 1. The van der Waals surface area contributed by atoms with E-state index >= 15 is 0 Å². The number of aromatic amines is 1. The third-order valence-electron chi connectivity index (χ3n) is 4.49. The number of benzene rings is 2. The highest BCUT2D eigenvalue weighted by molar-refractivity contribution is 7.99. The Bertz CT molecular complexity index is 1360. The lowest BCUT2D eigenvalue weighted by Gasteiger charge is -2.07. The van der Waals surface area contributed by atoms with Gasteiger partial charge in [-0.2, -0.15) is 5.10 Å². The standard InChI is InChI=1S/C22H20N6O3S/c1-13-4-3-5-17(10-13)28-20-18(11-23-28)21(31)27-22(26-20)32-12-19(30)25-16-8-6-15(7-9-16)24-14(2)29/h3-11H,12H2,1-2H3,(H,24,29)(H,25,30)(H,26,27,31). The quantitative estimate of drug-likeness (QED) is 0.308. The molecule has 0 bridgehead atoms. The number of aromatic nitrogens is 4. The lowest BCUT2D eigenvalue weighted by Crippen LogP contribution is -2.16. The summed E-state index contributed by atoms with van der Waals surface area (Å²) >= 11 is 1.12. The number of nitrogens with one attached hydrogen (secondary N) is 3. The Morgan fingerprint density at radius 1 is 1.09 bits per heavy atom. The molecule has 0 unspecified atom stereocenters. The topological polar surface area (TPSA) is 122 Å². The SMILES string of the molecule is CC(=O)Nc1ccc(NC(=O)CSc2nc3c(cnn3-c3cccc(C)c3)c(=O)[nH]2)cc1. The lowest BCUT2D eigenvalue weighted by molar-refractivity contribution is -0.114. The minimum Gasteiger partial charge on any atom is -0.326 e. The Morgan fingerprint density at radius 3 is 2.50 bits per heavy atom. The second kappa shape index (κ2) is 9.06. The molecule has 0 radical (unpaired) electrons. The van der Waals surface area contributed by atoms with Crippen LogP contribution in [-0.2, 0) is 9.59 Å². The Kier molecular flexibility index (Phi) is 6.04. The summed E-state index contributed by atoms with van der Waals surface area (Å²) in [5, 5.41) is 10.4. The van der Waals surface area contributed by atoms with Crippen LogP contribution in [0.15, 0.2) is 64.7 Å². The number of hydrogen-bond donors (Lipinski definition) is 3. The van der Waals surface area contributed by atoms with Crippen molar-refractivity contribution in [1.82, 2.24) is 19.7 Å². The summed E-state index contributed by atoms with van der Waals surface area (Å²) < 4.78 is 1.61. The number of fused-ring (bicyclic) bond motifs is 1. The van der Waals surface area contributed by atoms with Gasteiger partial charge in [0.1, 0.15) is 5.39 Å². The largest absolute Gasteiger partial charge is 0.326 e. The van der Waals surface area contributed by atoms with Gasteiger partial charge in [-0.15, -0.1) is 0 Å². The minimum atomic E-state index is -0.314. The molecule has 9 nitrogen and oxygen atoms in total. The molecule has 0 aliphatic carbocycles. The molecule has 0 saturated carbocycles. The molecule has 4 aromatic rings. The van der Waals surface area contributed by atoms with Gasteiger partial charge in [-0.25, -0.2) is 9.67 Å². The maximum absolute atomic E-state index is 12.5. The van der Waals surface area contributed by atoms with E-state index in [2.05, 4.69) is 25.7 Å². The molecule has 0 aliphatic rings. The zero-order chi connectivity index (χ0) is 22.7. The zero-order valence-corrected chi connectivity index (χ0v) is 18.2. The van der Waals surface area contributed by atoms with E-state index in [-0.39, 0.29) is 23.1 Å². The van der Waals surface area contributed by atoms with Crippen LogP contribution >= 0.6 is 11.8 Å². The highest BCUT2D eigenvalue weighted by atomic mass is 32.2. The molecule has 0 atom stereocenters. The van der Waals surface area contributed by atoms with Crippen molar-refractivity contribution in [3.63, 3.8) is 0 Å². The van der Waals surface area contributed by atoms with Crippen molar-refractivity contribution in [2.75, 3.05) is 16.4 Å². The predicted molar refractivity (Wildman–Crippen MR) is 124 cm³/mol. The zero-order valence-electron chi connectivity index (χ0n) is 17.4. The van der Waals surface area contributed by atoms with Gasteiger partial charge in [-0.3, -0.25) is 14.4 Å². The summed E-state index contributed by atoms with van der Waals surface area (Å²) in [6, 6.07) is 14.5. The summed E-state index contributed by atoms with van der Waals surface area (Å²) in [4.78, 5) is 43.1. The molecule has 2 amide bonds. The Labute approximate surface area is 187 Å². The first-order valence-electron chi connectivity index (χ1n) is 9.74. The number of carbonyl (C=O) groups excluding carboxylic acids is 2. The van der Waals surface area contributed by atoms with Crippen molar-refractivity contribution < 1.29 is 9.59 Å². The smallest absolute Gasteiger partial charge is 0.262 e. The Balaban J connectivity index is 1.47. The number of nitrogens with zero attached hydrogens (tertiary/aromatic N) is 3. The average Bonchev–Trinajstić information content (AvgIpc) is 3.18. The summed E-state index contributed by atoms with van der Waals surface area (Å²) in [6.45, 7) is 3.40. The van der Waals surface area contributed by atoms with Gasteiger partial charge < -0.3 is 15.6 Å².